The molecule has 0 fully saturated rings. The molecule has 1 aromatic carbocycles. The van der Waals surface area contributed by atoms with Crippen molar-refractivity contribution in [2.75, 3.05) is 6.26 Å². The van der Waals surface area contributed by atoms with Gasteiger partial charge >= 0.3 is 0 Å². The lowest BCUT2D eigenvalue weighted by Crippen LogP contribution is -2.03. The molecule has 2 rings (SSSR count). The zero-order valence-electron chi connectivity index (χ0n) is 7.79. The van der Waals surface area contributed by atoms with Gasteiger partial charge in [0.1, 0.15) is 0 Å². The van der Waals surface area contributed by atoms with Crippen LogP contribution in [0.2, 0.25) is 0 Å². The Kier molecular flexibility index (Phi) is 2.92. The summed E-state index contributed by atoms with van der Waals surface area (Å²) in [5, 5.41) is 11.3. The fourth-order valence-electron chi connectivity index (χ4n) is 1.10. The number of halogens is 1. The Hall–Kier alpha value is -1.08. The molecule has 0 bridgehead atoms. The SMILES string of the molecule is CS(=O)c1nnnn1-c1ccc(Br)cc1. The van der Waals surface area contributed by atoms with Crippen LogP contribution in [0.4, 0.5) is 0 Å². The summed E-state index contributed by atoms with van der Waals surface area (Å²) in [5.74, 6) is 0. The number of benzene rings is 1. The summed E-state index contributed by atoms with van der Waals surface area (Å²) in [4.78, 5) is 0. The standard InChI is InChI=1S/C8H7BrN4OS/c1-15(14)8-10-11-12-13(8)7-4-2-6(9)3-5-7/h2-5H,1H3. The maximum Gasteiger partial charge on any atom is 0.244 e. The summed E-state index contributed by atoms with van der Waals surface area (Å²) in [5.41, 5.74) is 0.786. The summed E-state index contributed by atoms with van der Waals surface area (Å²) < 4.78 is 13.7. The first-order valence-corrected chi connectivity index (χ1v) is 6.41. The van der Waals surface area contributed by atoms with Crippen LogP contribution in [0.3, 0.4) is 0 Å². The maximum absolute atomic E-state index is 11.3. The lowest BCUT2D eigenvalue weighted by atomic mass is 10.3. The minimum absolute atomic E-state index is 0.345. The van der Waals surface area contributed by atoms with E-state index in [1.54, 1.807) is 6.26 Å². The van der Waals surface area contributed by atoms with Gasteiger partial charge in [0.25, 0.3) is 0 Å². The molecule has 78 valence electrons. The number of hydrogen-bond donors (Lipinski definition) is 0. The first-order chi connectivity index (χ1) is 7.18. The molecule has 2 aromatic rings. The van der Waals surface area contributed by atoms with Gasteiger partial charge in [-0.1, -0.05) is 21.0 Å². The normalized spacial score (nSPS) is 12.7. The predicted octanol–water partition coefficient (Wildman–Crippen LogP) is 1.16. The quantitative estimate of drug-likeness (QED) is 0.831. The van der Waals surface area contributed by atoms with Gasteiger partial charge in [-0.25, -0.2) is 0 Å². The molecule has 0 amide bonds. The maximum atomic E-state index is 11.3. The monoisotopic (exact) mass is 286 g/mol. The van der Waals surface area contributed by atoms with Gasteiger partial charge in [0, 0.05) is 10.7 Å². The van der Waals surface area contributed by atoms with E-state index in [9.17, 15) is 4.21 Å². The van der Waals surface area contributed by atoms with Crippen molar-refractivity contribution in [3.05, 3.63) is 28.7 Å². The summed E-state index contributed by atoms with van der Waals surface area (Å²) in [6.45, 7) is 0. The van der Waals surface area contributed by atoms with Gasteiger partial charge < -0.3 is 0 Å². The summed E-state index contributed by atoms with van der Waals surface area (Å²) >= 11 is 3.34. The van der Waals surface area contributed by atoms with Gasteiger partial charge in [-0.15, -0.1) is 0 Å². The fraction of sp³-hybridized carbons (Fsp3) is 0.125. The van der Waals surface area contributed by atoms with Crippen molar-refractivity contribution >= 4 is 26.7 Å². The molecule has 0 aliphatic carbocycles. The second kappa shape index (κ2) is 4.19. The molecule has 1 heterocycles. The van der Waals surface area contributed by atoms with Crippen LogP contribution in [0.5, 0.6) is 0 Å². The van der Waals surface area contributed by atoms with Crippen LogP contribution < -0.4 is 0 Å². The second-order valence-corrected chi connectivity index (χ2v) is 4.99. The average molecular weight is 287 g/mol. The third-order valence-electron chi connectivity index (χ3n) is 1.77. The highest BCUT2D eigenvalue weighted by Gasteiger charge is 2.10. The Balaban J connectivity index is 2.49. The molecule has 0 spiro atoms. The Morgan fingerprint density at radius 2 is 2.00 bits per heavy atom. The molecule has 0 saturated carbocycles. The predicted molar refractivity (Wildman–Crippen MR) is 59.2 cm³/mol. The number of tetrazole rings is 1. The molecule has 0 aliphatic heterocycles. The van der Waals surface area contributed by atoms with E-state index in [1.807, 2.05) is 24.3 Å². The Labute approximate surface area is 97.1 Å². The molecule has 1 atom stereocenters. The summed E-state index contributed by atoms with van der Waals surface area (Å²) in [6.07, 6.45) is 1.54. The van der Waals surface area contributed by atoms with Crippen molar-refractivity contribution in [1.29, 1.82) is 0 Å². The first-order valence-electron chi connectivity index (χ1n) is 4.06. The molecule has 7 heteroatoms. The fourth-order valence-corrected chi connectivity index (χ4v) is 1.90. The van der Waals surface area contributed by atoms with Crippen molar-refractivity contribution in [2.24, 2.45) is 0 Å². The van der Waals surface area contributed by atoms with E-state index < -0.39 is 10.8 Å². The molecule has 1 unspecified atom stereocenters. The van der Waals surface area contributed by atoms with Crippen LogP contribution in [0, 0.1) is 0 Å². The molecule has 0 radical (unpaired) electrons. The van der Waals surface area contributed by atoms with Gasteiger partial charge in [0.15, 0.2) is 0 Å². The zero-order valence-corrected chi connectivity index (χ0v) is 10.2. The van der Waals surface area contributed by atoms with E-state index in [0.29, 0.717) is 5.16 Å². The highest BCUT2D eigenvalue weighted by molar-refractivity contribution is 9.10. The minimum atomic E-state index is -1.20. The van der Waals surface area contributed by atoms with Crippen molar-refractivity contribution in [2.45, 2.75) is 5.16 Å². The molecular weight excluding hydrogens is 280 g/mol. The van der Waals surface area contributed by atoms with Crippen molar-refractivity contribution < 1.29 is 4.21 Å². The first kappa shape index (κ1) is 10.4. The van der Waals surface area contributed by atoms with Gasteiger partial charge in [0.05, 0.1) is 16.5 Å². The third-order valence-corrected chi connectivity index (χ3v) is 3.07. The smallest absolute Gasteiger partial charge is 0.244 e. The van der Waals surface area contributed by atoms with Crippen LogP contribution in [0.1, 0.15) is 0 Å². The second-order valence-electron chi connectivity index (χ2n) is 2.80. The molecular formula is C8H7BrN4OS. The zero-order chi connectivity index (χ0) is 10.8. The summed E-state index contributed by atoms with van der Waals surface area (Å²) in [6, 6.07) is 7.44. The number of hydrogen-bond acceptors (Lipinski definition) is 4. The summed E-state index contributed by atoms with van der Waals surface area (Å²) in [7, 11) is -1.20. The number of nitrogens with zero attached hydrogens (tertiary/aromatic N) is 4. The lowest BCUT2D eigenvalue weighted by Gasteiger charge is -2.01. The Morgan fingerprint density at radius 1 is 1.33 bits per heavy atom. The van der Waals surface area contributed by atoms with E-state index in [-0.39, 0.29) is 0 Å². The average Bonchev–Trinajstić information content (AvgIpc) is 2.67. The minimum Gasteiger partial charge on any atom is -0.251 e. The van der Waals surface area contributed by atoms with Gasteiger partial charge in [0.2, 0.25) is 5.16 Å². The van der Waals surface area contributed by atoms with Crippen molar-refractivity contribution in [3.63, 3.8) is 0 Å². The highest BCUT2D eigenvalue weighted by atomic mass is 79.9. The lowest BCUT2D eigenvalue weighted by molar-refractivity contribution is 0.670. The molecule has 1 aromatic heterocycles. The van der Waals surface area contributed by atoms with Gasteiger partial charge in [-0.05, 0) is 34.7 Å². The van der Waals surface area contributed by atoms with Crippen molar-refractivity contribution in [3.8, 4) is 5.69 Å². The third kappa shape index (κ3) is 2.13. The van der Waals surface area contributed by atoms with E-state index in [4.69, 9.17) is 0 Å². The molecule has 15 heavy (non-hydrogen) atoms. The van der Waals surface area contributed by atoms with E-state index in [2.05, 4.69) is 31.5 Å². The van der Waals surface area contributed by atoms with E-state index >= 15 is 0 Å². The van der Waals surface area contributed by atoms with Crippen molar-refractivity contribution in [1.82, 2.24) is 20.2 Å². The van der Waals surface area contributed by atoms with E-state index in [0.717, 1.165) is 10.2 Å². The molecule has 0 aliphatic rings. The molecule has 0 saturated heterocycles. The van der Waals surface area contributed by atoms with Crippen LogP contribution in [0.25, 0.3) is 5.69 Å². The van der Waals surface area contributed by atoms with Gasteiger partial charge in [-0.2, -0.15) is 4.68 Å². The Morgan fingerprint density at radius 3 is 2.60 bits per heavy atom. The van der Waals surface area contributed by atoms with Crippen LogP contribution >= 0.6 is 15.9 Å². The largest absolute Gasteiger partial charge is 0.251 e. The highest BCUT2D eigenvalue weighted by Crippen LogP contribution is 2.14. The Bertz CT molecular complexity index is 496. The van der Waals surface area contributed by atoms with Crippen LogP contribution in [-0.2, 0) is 10.8 Å². The topological polar surface area (TPSA) is 60.7 Å². The molecule has 0 N–H and O–H groups in total. The number of rotatable bonds is 2. The van der Waals surface area contributed by atoms with Gasteiger partial charge in [-0.3, -0.25) is 4.21 Å². The van der Waals surface area contributed by atoms with E-state index in [1.165, 1.54) is 4.68 Å². The molecule has 5 nitrogen and oxygen atoms in total. The number of aromatic nitrogens is 4. The van der Waals surface area contributed by atoms with Crippen LogP contribution in [0.15, 0.2) is 33.9 Å². The van der Waals surface area contributed by atoms with Crippen LogP contribution in [-0.4, -0.2) is 30.7 Å².